The minimum atomic E-state index is -0.528. The minimum absolute atomic E-state index is 0.230. The van der Waals surface area contributed by atoms with Gasteiger partial charge in [0.25, 0.3) is 5.91 Å². The van der Waals surface area contributed by atoms with E-state index in [1.54, 1.807) is 25.0 Å². The van der Waals surface area contributed by atoms with Crippen LogP contribution in [0.1, 0.15) is 29.2 Å². The summed E-state index contributed by atoms with van der Waals surface area (Å²) in [5.74, 6) is -0.116. The quantitative estimate of drug-likeness (QED) is 0.567. The standard InChI is InChI=1S/C24H25NO4/c1-15-6-9-18(10-7-15)14-25-17(3)22(24(27)29-5)20(23(25)26)13-19-11-8-16(2)12-21(19)28-4/h6-13H,14H2,1-5H3/b20-13-. The van der Waals surface area contributed by atoms with Crippen molar-refractivity contribution in [1.29, 1.82) is 0 Å². The van der Waals surface area contributed by atoms with Crippen LogP contribution in [0.25, 0.3) is 6.08 Å². The number of carbonyl (C=O) groups excluding carboxylic acids is 2. The number of allylic oxidation sites excluding steroid dienone is 1. The summed E-state index contributed by atoms with van der Waals surface area (Å²) in [5.41, 5.74) is 5.09. The van der Waals surface area contributed by atoms with Crippen molar-refractivity contribution in [3.8, 4) is 5.75 Å². The highest BCUT2D eigenvalue weighted by Gasteiger charge is 2.37. The molecule has 0 unspecified atom stereocenters. The number of hydrogen-bond acceptors (Lipinski definition) is 4. The Morgan fingerprint density at radius 1 is 1.00 bits per heavy atom. The lowest BCUT2D eigenvalue weighted by Gasteiger charge is -2.18. The fourth-order valence-corrected chi connectivity index (χ4v) is 3.39. The Labute approximate surface area is 171 Å². The first kappa shape index (κ1) is 20.4. The highest BCUT2D eigenvalue weighted by molar-refractivity contribution is 6.16. The summed E-state index contributed by atoms with van der Waals surface area (Å²) in [6.07, 6.45) is 1.70. The minimum Gasteiger partial charge on any atom is -0.496 e. The van der Waals surface area contributed by atoms with Gasteiger partial charge in [-0.05, 0) is 44.0 Å². The van der Waals surface area contributed by atoms with Crippen LogP contribution in [0.15, 0.2) is 59.3 Å². The molecule has 3 rings (SSSR count). The van der Waals surface area contributed by atoms with Crippen molar-refractivity contribution in [1.82, 2.24) is 4.90 Å². The van der Waals surface area contributed by atoms with Crippen LogP contribution in [0.3, 0.4) is 0 Å². The molecule has 0 saturated carbocycles. The van der Waals surface area contributed by atoms with Crippen molar-refractivity contribution in [2.24, 2.45) is 0 Å². The van der Waals surface area contributed by atoms with E-state index in [9.17, 15) is 9.59 Å². The maximum absolute atomic E-state index is 13.3. The van der Waals surface area contributed by atoms with Crippen molar-refractivity contribution in [3.63, 3.8) is 0 Å². The van der Waals surface area contributed by atoms with E-state index in [4.69, 9.17) is 9.47 Å². The van der Waals surface area contributed by atoms with Crippen molar-refractivity contribution in [2.45, 2.75) is 27.3 Å². The summed E-state index contributed by atoms with van der Waals surface area (Å²) in [4.78, 5) is 27.4. The predicted octanol–water partition coefficient (Wildman–Crippen LogP) is 4.18. The fraction of sp³-hybridized carbons (Fsp3) is 0.250. The lowest BCUT2D eigenvalue weighted by Crippen LogP contribution is -2.24. The molecule has 0 spiro atoms. The Morgan fingerprint density at radius 3 is 2.28 bits per heavy atom. The van der Waals surface area contributed by atoms with E-state index in [1.807, 2.05) is 56.3 Å². The van der Waals surface area contributed by atoms with Crippen molar-refractivity contribution >= 4 is 18.0 Å². The average Bonchev–Trinajstić information content (AvgIpc) is 2.94. The second kappa shape index (κ2) is 8.35. The van der Waals surface area contributed by atoms with Crippen LogP contribution in [-0.2, 0) is 20.9 Å². The second-order valence-corrected chi connectivity index (χ2v) is 7.13. The monoisotopic (exact) mass is 391 g/mol. The fourth-order valence-electron chi connectivity index (χ4n) is 3.39. The van der Waals surface area contributed by atoms with Crippen LogP contribution in [0.4, 0.5) is 0 Å². The first-order valence-electron chi connectivity index (χ1n) is 9.39. The molecule has 150 valence electrons. The van der Waals surface area contributed by atoms with Gasteiger partial charge in [0.15, 0.2) is 0 Å². The molecular formula is C24H25NO4. The Balaban J connectivity index is 2.06. The molecule has 1 heterocycles. The molecule has 0 N–H and O–H groups in total. The molecule has 1 aliphatic heterocycles. The Morgan fingerprint density at radius 2 is 1.66 bits per heavy atom. The molecule has 0 aromatic heterocycles. The molecule has 1 aliphatic rings. The number of methoxy groups -OCH3 is 2. The van der Waals surface area contributed by atoms with Gasteiger partial charge >= 0.3 is 5.97 Å². The molecular weight excluding hydrogens is 366 g/mol. The number of hydrogen-bond donors (Lipinski definition) is 0. The largest absolute Gasteiger partial charge is 0.496 e. The first-order valence-corrected chi connectivity index (χ1v) is 9.39. The van der Waals surface area contributed by atoms with Crippen molar-refractivity contribution in [2.75, 3.05) is 14.2 Å². The predicted molar refractivity (Wildman–Crippen MR) is 112 cm³/mol. The summed E-state index contributed by atoms with van der Waals surface area (Å²) in [6, 6.07) is 13.7. The van der Waals surface area contributed by atoms with Crippen LogP contribution in [0.2, 0.25) is 0 Å². The van der Waals surface area contributed by atoms with Gasteiger partial charge in [0.05, 0.1) is 31.9 Å². The SMILES string of the molecule is COC(=O)C1=C(C)N(Cc2ccc(C)cc2)C(=O)/C1=C\c1ccc(C)cc1OC. The average molecular weight is 391 g/mol. The van der Waals surface area contributed by atoms with E-state index in [0.717, 1.165) is 22.3 Å². The Kier molecular flexibility index (Phi) is 5.87. The summed E-state index contributed by atoms with van der Waals surface area (Å²) in [6.45, 7) is 6.13. The number of benzene rings is 2. The lowest BCUT2D eigenvalue weighted by molar-refractivity contribution is -0.136. The van der Waals surface area contributed by atoms with Crippen molar-refractivity contribution in [3.05, 3.63) is 81.6 Å². The van der Waals surface area contributed by atoms with Gasteiger partial charge in [0.2, 0.25) is 0 Å². The number of amides is 1. The van der Waals surface area contributed by atoms with Gasteiger partial charge in [0.1, 0.15) is 5.75 Å². The molecule has 0 radical (unpaired) electrons. The lowest BCUT2D eigenvalue weighted by atomic mass is 10.0. The molecule has 1 amide bonds. The zero-order valence-electron chi connectivity index (χ0n) is 17.4. The molecule has 2 aromatic carbocycles. The van der Waals surface area contributed by atoms with Crippen LogP contribution in [-0.4, -0.2) is 31.0 Å². The van der Waals surface area contributed by atoms with Crippen LogP contribution < -0.4 is 4.74 Å². The molecule has 0 bridgehead atoms. The number of aryl methyl sites for hydroxylation is 2. The summed E-state index contributed by atoms with van der Waals surface area (Å²) in [5, 5.41) is 0. The third kappa shape index (κ3) is 4.09. The van der Waals surface area contributed by atoms with Crippen LogP contribution in [0, 0.1) is 13.8 Å². The Hall–Kier alpha value is -3.34. The number of nitrogens with zero attached hydrogens (tertiary/aromatic N) is 1. The van der Waals surface area contributed by atoms with E-state index >= 15 is 0 Å². The van der Waals surface area contributed by atoms with E-state index in [1.165, 1.54) is 7.11 Å². The van der Waals surface area contributed by atoms with Crippen LogP contribution >= 0.6 is 0 Å². The van der Waals surface area contributed by atoms with Crippen LogP contribution in [0.5, 0.6) is 5.75 Å². The summed E-state index contributed by atoms with van der Waals surface area (Å²) >= 11 is 0. The van der Waals surface area contributed by atoms with Gasteiger partial charge in [-0.3, -0.25) is 4.79 Å². The van der Waals surface area contributed by atoms with E-state index < -0.39 is 5.97 Å². The third-order valence-corrected chi connectivity index (χ3v) is 5.05. The maximum atomic E-state index is 13.3. The Bertz CT molecular complexity index is 1020. The van der Waals surface area contributed by atoms with E-state index in [-0.39, 0.29) is 11.5 Å². The number of carbonyl (C=O) groups is 2. The molecule has 0 atom stereocenters. The molecule has 0 saturated heterocycles. The highest BCUT2D eigenvalue weighted by atomic mass is 16.5. The van der Waals surface area contributed by atoms with Gasteiger partial charge in [-0.1, -0.05) is 42.0 Å². The number of rotatable bonds is 5. The topological polar surface area (TPSA) is 55.8 Å². The molecule has 5 nitrogen and oxygen atoms in total. The summed E-state index contributed by atoms with van der Waals surface area (Å²) < 4.78 is 10.4. The molecule has 29 heavy (non-hydrogen) atoms. The zero-order chi connectivity index (χ0) is 21.1. The molecule has 5 heteroatoms. The maximum Gasteiger partial charge on any atom is 0.340 e. The molecule has 0 fully saturated rings. The summed E-state index contributed by atoms with van der Waals surface area (Å²) in [7, 11) is 2.90. The van der Waals surface area contributed by atoms with Gasteiger partial charge in [-0.25, -0.2) is 4.79 Å². The van der Waals surface area contributed by atoms with Crippen molar-refractivity contribution < 1.29 is 19.1 Å². The normalized spacial score (nSPS) is 15.3. The van der Waals surface area contributed by atoms with E-state index in [2.05, 4.69) is 0 Å². The highest BCUT2D eigenvalue weighted by Crippen LogP contribution is 2.34. The smallest absolute Gasteiger partial charge is 0.340 e. The molecule has 2 aromatic rings. The number of ether oxygens (including phenoxy) is 2. The van der Waals surface area contributed by atoms with Gasteiger partial charge < -0.3 is 14.4 Å². The van der Waals surface area contributed by atoms with E-state index in [0.29, 0.717) is 23.6 Å². The van der Waals surface area contributed by atoms with Gasteiger partial charge in [-0.2, -0.15) is 0 Å². The first-order chi connectivity index (χ1) is 13.8. The van der Waals surface area contributed by atoms with Gasteiger partial charge in [-0.15, -0.1) is 0 Å². The third-order valence-electron chi connectivity index (χ3n) is 5.05. The second-order valence-electron chi connectivity index (χ2n) is 7.13. The number of esters is 1. The zero-order valence-corrected chi connectivity index (χ0v) is 17.4. The van der Waals surface area contributed by atoms with Gasteiger partial charge in [0, 0.05) is 11.3 Å². The molecule has 0 aliphatic carbocycles.